The Morgan fingerprint density at radius 3 is 2.14 bits per heavy atom. The Kier molecular flexibility index (Phi) is 11.8. The topological polar surface area (TPSA) is 214 Å². The Labute approximate surface area is 166 Å². The largest absolute Gasteiger partial charge is 0.480 e. The first-order valence-corrected chi connectivity index (χ1v) is 9.70. The second-order valence-corrected chi connectivity index (χ2v) is 6.94. The lowest BCUT2D eigenvalue weighted by Crippen LogP contribution is -2.55. The summed E-state index contributed by atoms with van der Waals surface area (Å²) in [6.07, 6.45) is 0.253. The van der Waals surface area contributed by atoms with Crippen LogP contribution < -0.4 is 27.4 Å². The van der Waals surface area contributed by atoms with E-state index in [4.69, 9.17) is 16.6 Å². The van der Waals surface area contributed by atoms with E-state index >= 15 is 0 Å². The second-order valence-electron chi connectivity index (χ2n) is 5.96. The van der Waals surface area contributed by atoms with Crippen LogP contribution in [0, 0.1) is 0 Å². The van der Waals surface area contributed by atoms with Gasteiger partial charge in [0.25, 0.3) is 0 Å². The van der Waals surface area contributed by atoms with Gasteiger partial charge < -0.3 is 37.6 Å². The number of primary amides is 1. The molecule has 4 amide bonds. The van der Waals surface area contributed by atoms with Gasteiger partial charge in [-0.15, -0.1) is 0 Å². The lowest BCUT2D eigenvalue weighted by molar-refractivity contribution is -0.143. The number of carbonyl (C=O) groups is 5. The number of carbonyl (C=O) groups excluding carboxylic acids is 4. The summed E-state index contributed by atoms with van der Waals surface area (Å²) >= 11 is 1.40. The van der Waals surface area contributed by atoms with Crippen LogP contribution in [0.2, 0.25) is 0 Å². The van der Waals surface area contributed by atoms with E-state index in [2.05, 4.69) is 16.0 Å². The third kappa shape index (κ3) is 10.1. The summed E-state index contributed by atoms with van der Waals surface area (Å²) in [5.74, 6) is -4.14. The number of carboxylic acid groups (broad SMARTS) is 1. The van der Waals surface area contributed by atoms with Gasteiger partial charge in [-0.3, -0.25) is 19.2 Å². The number of hydrogen-bond donors (Lipinski definition) is 7. The molecule has 0 heterocycles. The minimum absolute atomic E-state index is 0.183. The molecule has 0 aliphatic carbocycles. The number of rotatable bonds is 13. The SMILES string of the molecule is CSCCC(NC(=O)CNC(=O)C(N)C(C)O)C(=O)NC(CC(N)=O)C(=O)O. The van der Waals surface area contributed by atoms with Crippen molar-refractivity contribution in [1.82, 2.24) is 16.0 Å². The first-order valence-electron chi connectivity index (χ1n) is 8.30. The Morgan fingerprint density at radius 2 is 1.68 bits per heavy atom. The quantitative estimate of drug-likeness (QED) is 0.157. The average Bonchev–Trinajstić information content (AvgIpc) is 2.60. The van der Waals surface area contributed by atoms with Gasteiger partial charge >= 0.3 is 5.97 Å². The van der Waals surface area contributed by atoms with E-state index in [-0.39, 0.29) is 6.42 Å². The summed E-state index contributed by atoms with van der Waals surface area (Å²) in [5, 5.41) is 25.1. The Morgan fingerprint density at radius 1 is 1.07 bits per heavy atom. The maximum absolute atomic E-state index is 12.3. The highest BCUT2D eigenvalue weighted by atomic mass is 32.2. The molecule has 9 N–H and O–H groups in total. The lowest BCUT2D eigenvalue weighted by atomic mass is 10.1. The number of amides is 4. The summed E-state index contributed by atoms with van der Waals surface area (Å²) in [6.45, 7) is 0.823. The van der Waals surface area contributed by atoms with Gasteiger partial charge in [0.05, 0.1) is 19.1 Å². The van der Waals surface area contributed by atoms with Gasteiger partial charge in [-0.1, -0.05) is 0 Å². The van der Waals surface area contributed by atoms with Gasteiger partial charge in [0.2, 0.25) is 23.6 Å². The number of aliphatic hydroxyl groups excluding tert-OH is 1. The number of aliphatic carboxylic acids is 1. The molecule has 0 aromatic rings. The molecule has 0 rings (SSSR count). The Hall–Kier alpha value is -2.38. The minimum atomic E-state index is -1.53. The standard InChI is InChI=1S/C15H27N5O7S/c1-7(21)12(17)14(25)18-6-11(23)19-8(3-4-28-2)13(24)20-9(15(26)27)5-10(16)22/h7-9,12,21H,3-6,17H2,1-2H3,(H2,16,22)(H,18,25)(H,19,23)(H,20,24)(H,26,27). The molecule has 0 saturated heterocycles. The highest BCUT2D eigenvalue weighted by Crippen LogP contribution is 2.03. The summed E-state index contributed by atoms with van der Waals surface area (Å²) < 4.78 is 0. The Bertz CT molecular complexity index is 587. The third-order valence-electron chi connectivity index (χ3n) is 3.53. The van der Waals surface area contributed by atoms with Crippen molar-refractivity contribution in [3.63, 3.8) is 0 Å². The molecular formula is C15H27N5O7S. The zero-order valence-electron chi connectivity index (χ0n) is 15.6. The summed E-state index contributed by atoms with van der Waals surface area (Å²) in [6, 6.07) is -3.83. The smallest absolute Gasteiger partial charge is 0.326 e. The van der Waals surface area contributed by atoms with Crippen molar-refractivity contribution in [1.29, 1.82) is 0 Å². The molecule has 0 radical (unpaired) electrons. The van der Waals surface area contributed by atoms with Gasteiger partial charge in [0.1, 0.15) is 18.1 Å². The fourth-order valence-corrected chi connectivity index (χ4v) is 2.40. The summed E-state index contributed by atoms with van der Waals surface area (Å²) in [7, 11) is 0. The molecule has 0 aliphatic rings. The van der Waals surface area contributed by atoms with Gasteiger partial charge in [-0.25, -0.2) is 4.79 Å². The van der Waals surface area contributed by atoms with Crippen molar-refractivity contribution < 1.29 is 34.2 Å². The van der Waals surface area contributed by atoms with E-state index < -0.39 is 66.8 Å². The van der Waals surface area contributed by atoms with Crippen LogP contribution in [0.3, 0.4) is 0 Å². The molecule has 4 unspecified atom stereocenters. The molecule has 0 aromatic carbocycles. The van der Waals surface area contributed by atoms with Crippen molar-refractivity contribution >= 4 is 41.4 Å². The highest BCUT2D eigenvalue weighted by molar-refractivity contribution is 7.98. The number of carboxylic acids is 1. The van der Waals surface area contributed by atoms with Gasteiger partial charge in [-0.05, 0) is 25.4 Å². The normalized spacial score (nSPS) is 14.9. The first kappa shape index (κ1) is 25.6. The van der Waals surface area contributed by atoms with Crippen molar-refractivity contribution in [2.75, 3.05) is 18.6 Å². The molecule has 0 aromatic heterocycles. The summed E-state index contributed by atoms with van der Waals surface area (Å²) in [4.78, 5) is 58.0. The third-order valence-corrected chi connectivity index (χ3v) is 4.17. The predicted octanol–water partition coefficient (Wildman–Crippen LogP) is -3.51. The molecule has 0 spiro atoms. The molecule has 13 heteroatoms. The van der Waals surface area contributed by atoms with Crippen LogP contribution >= 0.6 is 11.8 Å². The van der Waals surface area contributed by atoms with E-state index in [0.29, 0.717) is 5.75 Å². The molecule has 0 aliphatic heterocycles. The van der Waals surface area contributed by atoms with Crippen LogP contribution in [-0.4, -0.2) is 82.6 Å². The molecule has 0 saturated carbocycles. The molecule has 12 nitrogen and oxygen atoms in total. The van der Waals surface area contributed by atoms with Crippen molar-refractivity contribution in [3.8, 4) is 0 Å². The van der Waals surface area contributed by atoms with Crippen LogP contribution in [0.1, 0.15) is 19.8 Å². The average molecular weight is 421 g/mol. The maximum Gasteiger partial charge on any atom is 0.326 e. The van der Waals surface area contributed by atoms with Crippen LogP contribution in [0.5, 0.6) is 0 Å². The second kappa shape index (κ2) is 12.9. The van der Waals surface area contributed by atoms with E-state index in [1.54, 1.807) is 6.26 Å². The highest BCUT2D eigenvalue weighted by Gasteiger charge is 2.27. The number of thioether (sulfide) groups is 1. The monoisotopic (exact) mass is 421 g/mol. The maximum atomic E-state index is 12.3. The number of nitrogens with one attached hydrogen (secondary N) is 3. The van der Waals surface area contributed by atoms with Gasteiger partial charge in [-0.2, -0.15) is 11.8 Å². The molecule has 4 atom stereocenters. The van der Waals surface area contributed by atoms with E-state index in [1.807, 2.05) is 0 Å². The zero-order valence-corrected chi connectivity index (χ0v) is 16.5. The molecular weight excluding hydrogens is 394 g/mol. The molecule has 28 heavy (non-hydrogen) atoms. The molecule has 0 fully saturated rings. The van der Waals surface area contributed by atoms with Gasteiger partial charge in [0.15, 0.2) is 0 Å². The number of hydrogen-bond acceptors (Lipinski definition) is 8. The van der Waals surface area contributed by atoms with Crippen LogP contribution in [0.15, 0.2) is 0 Å². The zero-order chi connectivity index (χ0) is 21.9. The van der Waals surface area contributed by atoms with E-state index in [9.17, 15) is 29.1 Å². The van der Waals surface area contributed by atoms with E-state index in [1.165, 1.54) is 18.7 Å². The predicted molar refractivity (Wildman–Crippen MR) is 101 cm³/mol. The van der Waals surface area contributed by atoms with Crippen LogP contribution in [0.4, 0.5) is 0 Å². The van der Waals surface area contributed by atoms with Gasteiger partial charge in [0, 0.05) is 0 Å². The molecule has 160 valence electrons. The van der Waals surface area contributed by atoms with Crippen LogP contribution in [-0.2, 0) is 24.0 Å². The van der Waals surface area contributed by atoms with Crippen molar-refractivity contribution in [2.24, 2.45) is 11.5 Å². The number of nitrogens with two attached hydrogens (primary N) is 2. The number of aliphatic hydroxyl groups is 1. The molecule has 0 bridgehead atoms. The summed E-state index contributed by atoms with van der Waals surface area (Å²) in [5.41, 5.74) is 10.4. The van der Waals surface area contributed by atoms with E-state index in [0.717, 1.165) is 0 Å². The van der Waals surface area contributed by atoms with Crippen molar-refractivity contribution in [3.05, 3.63) is 0 Å². The lowest BCUT2D eigenvalue weighted by Gasteiger charge is -2.21. The van der Waals surface area contributed by atoms with Crippen LogP contribution in [0.25, 0.3) is 0 Å². The first-order chi connectivity index (χ1) is 13.0. The Balaban J connectivity index is 4.89. The minimum Gasteiger partial charge on any atom is -0.480 e. The fraction of sp³-hybridized carbons (Fsp3) is 0.667. The fourth-order valence-electron chi connectivity index (χ4n) is 1.93. The van der Waals surface area contributed by atoms with Crippen molar-refractivity contribution in [2.45, 2.75) is 44.0 Å².